The molecule has 0 aliphatic carbocycles. The van der Waals surface area contributed by atoms with Crippen LogP contribution in [-0.2, 0) is 14.3 Å². The SMILES string of the molecule is CN(C)C=Nc1n[c-]sc1/C(O)=C/C(=O)NC(C)(C)C.[B][B].[B][B][B].[C-]#[N+]/C(C(=O)OC(C)(C)C)=C(/O)c1s[c-]nc1N=CN(C)C.[La].[La]. The minimum Gasteiger partial charge on any atom is -0.531 e. The number of carbonyl (C=O) groups is 2. The number of hydrogen-bond donors (Lipinski definition) is 3. The third kappa shape index (κ3) is 25.1. The maximum absolute atomic E-state index is 12.0. The van der Waals surface area contributed by atoms with Gasteiger partial charge in [-0.2, -0.15) is 0 Å². The number of rotatable bonds is 8. The molecule has 2 aromatic heterocycles. The zero-order valence-corrected chi connectivity index (χ0v) is 38.2. The first kappa shape index (κ1) is 54.2. The summed E-state index contributed by atoms with van der Waals surface area (Å²) >= 11 is 2.06. The molecule has 0 fully saturated rings. The van der Waals surface area contributed by atoms with Crippen molar-refractivity contribution in [3.8, 4) is 0 Å². The summed E-state index contributed by atoms with van der Waals surface area (Å²) in [5.41, 5.74) is 3.60. The second-order valence-corrected chi connectivity index (χ2v) is 12.7. The van der Waals surface area contributed by atoms with Crippen molar-refractivity contribution in [2.75, 3.05) is 28.2 Å². The average molecular weight is 949 g/mol. The number of aliphatic hydroxyl groups excluding tert-OH is 2. The van der Waals surface area contributed by atoms with E-state index in [0.717, 1.165) is 35.8 Å². The van der Waals surface area contributed by atoms with Gasteiger partial charge in [0.15, 0.2) is 0 Å². The first-order valence-electron chi connectivity index (χ1n) is 13.3. The van der Waals surface area contributed by atoms with Crippen LogP contribution in [0.25, 0.3) is 16.4 Å². The maximum Gasteiger partial charge on any atom is 0.339 e. The number of nitrogens with zero attached hydrogens (tertiary/aromatic N) is 7. The van der Waals surface area contributed by atoms with Crippen molar-refractivity contribution in [1.82, 2.24) is 25.1 Å². The van der Waals surface area contributed by atoms with Gasteiger partial charge >= 0.3 is 5.97 Å². The van der Waals surface area contributed by atoms with Gasteiger partial charge in [-0.15, -0.1) is 0 Å². The summed E-state index contributed by atoms with van der Waals surface area (Å²) < 4.78 is 5.10. The second kappa shape index (κ2) is 28.1. The smallest absolute Gasteiger partial charge is 0.339 e. The largest absolute Gasteiger partial charge is 0.531 e. The third-order valence-electron chi connectivity index (χ3n) is 3.97. The summed E-state index contributed by atoms with van der Waals surface area (Å²) in [6.45, 7) is 17.7. The quantitative estimate of drug-likeness (QED) is 0.0690. The topological polar surface area (TPSA) is 157 Å². The maximum atomic E-state index is 12.0. The molecule has 0 saturated heterocycles. The Labute approximate surface area is 360 Å². The number of esters is 1. The summed E-state index contributed by atoms with van der Waals surface area (Å²) in [5.74, 6) is -1.42. The van der Waals surface area contributed by atoms with E-state index in [2.05, 4.69) is 72.1 Å². The fourth-order valence-electron chi connectivity index (χ4n) is 2.48. The second-order valence-electron chi connectivity index (χ2n) is 11.1. The standard InChI is InChI=1S/C14H17N4O3S.C13H19N4O2S.B3.B2.2La/c1-14(2,3)21-13(20)9(15-4)10(19)11-12(17-8-22-11)16-7-18(5)6;1-13(2,3)16-10(19)6-9(18)11-12(15-8-20-11)14-7-17(4)5;1-3-2;1-2;;/h7,19H,1-3,5-6H3;6-7,18H,1-5H3,(H,16,19);;;;/q2*-1;;;;/b10-9+,16-7?;9-6-,14-7?;;;;. The fraction of sp³-hybridized carbons (Fsp3) is 0.444. The summed E-state index contributed by atoms with van der Waals surface area (Å²) in [6.07, 6.45) is 4.18. The Kier molecular flexibility index (Phi) is 31.0. The summed E-state index contributed by atoms with van der Waals surface area (Å²) in [5, 5.41) is 22.9. The van der Waals surface area contributed by atoms with Crippen LogP contribution in [0.5, 0.6) is 0 Å². The van der Waals surface area contributed by atoms with Crippen molar-refractivity contribution < 1.29 is 95.7 Å². The third-order valence-corrected chi connectivity index (χ3v) is 5.51. The van der Waals surface area contributed by atoms with E-state index in [1.54, 1.807) is 51.0 Å². The molecule has 0 bridgehead atoms. The van der Waals surface area contributed by atoms with Gasteiger partial charge in [-0.25, -0.2) is 4.85 Å². The molecule has 0 atom stereocenters. The van der Waals surface area contributed by atoms with Crippen molar-refractivity contribution in [2.24, 2.45) is 9.98 Å². The van der Waals surface area contributed by atoms with E-state index < -0.39 is 23.0 Å². The number of aromatic nitrogens is 2. The predicted molar refractivity (Wildman–Crippen MR) is 195 cm³/mol. The molecule has 2 heterocycles. The van der Waals surface area contributed by atoms with E-state index >= 15 is 0 Å². The van der Waals surface area contributed by atoms with Gasteiger partial charge in [-0.3, -0.25) is 42.2 Å². The van der Waals surface area contributed by atoms with Gasteiger partial charge < -0.3 is 40.0 Å². The van der Waals surface area contributed by atoms with Gasteiger partial charge in [0.1, 0.15) is 5.60 Å². The van der Waals surface area contributed by atoms with Crippen LogP contribution in [0.4, 0.5) is 11.6 Å². The van der Waals surface area contributed by atoms with E-state index in [4.69, 9.17) is 11.3 Å². The van der Waals surface area contributed by atoms with Crippen LogP contribution in [0.15, 0.2) is 21.8 Å². The molecule has 2 aromatic rings. The van der Waals surface area contributed by atoms with E-state index in [1.165, 1.54) is 6.34 Å². The summed E-state index contributed by atoms with van der Waals surface area (Å²) in [6, 6.07) is 0. The van der Waals surface area contributed by atoms with Crippen LogP contribution in [-0.4, -0.2) is 132 Å². The van der Waals surface area contributed by atoms with Crippen LogP contribution in [0.1, 0.15) is 51.3 Å². The van der Waals surface area contributed by atoms with Crippen molar-refractivity contribution in [3.05, 3.63) is 44.0 Å². The van der Waals surface area contributed by atoms with Crippen LogP contribution in [0.3, 0.4) is 0 Å². The van der Waals surface area contributed by atoms with Gasteiger partial charge in [0.2, 0.25) is 5.91 Å². The molecule has 0 aromatic carbocycles. The van der Waals surface area contributed by atoms with E-state index in [0.29, 0.717) is 10.7 Å². The first-order valence-corrected chi connectivity index (χ1v) is 14.9. The van der Waals surface area contributed by atoms with Gasteiger partial charge in [-0.1, -0.05) is 4.88 Å². The Bertz CT molecular complexity index is 1440. The molecule has 0 aliphatic heterocycles. The van der Waals surface area contributed by atoms with Crippen molar-refractivity contribution in [1.29, 1.82) is 0 Å². The molecule has 49 heavy (non-hydrogen) atoms. The molecule has 11 radical (unpaired) electrons. The van der Waals surface area contributed by atoms with Crippen LogP contribution in [0.2, 0.25) is 0 Å². The van der Waals surface area contributed by atoms with Crippen molar-refractivity contribution in [2.45, 2.75) is 52.7 Å². The zero-order chi connectivity index (χ0) is 37.0. The monoisotopic (exact) mass is 949 g/mol. The molecule has 0 spiro atoms. The van der Waals surface area contributed by atoms with E-state index in [9.17, 15) is 19.8 Å². The van der Waals surface area contributed by atoms with Gasteiger partial charge in [-0.05, 0) is 57.4 Å². The van der Waals surface area contributed by atoms with Crippen LogP contribution < -0.4 is 5.32 Å². The Hall–Kier alpha value is -1.58. The van der Waals surface area contributed by atoms with Gasteiger partial charge in [0, 0.05) is 161 Å². The van der Waals surface area contributed by atoms with Crippen LogP contribution in [0, 0.1) is 88.8 Å². The Morgan fingerprint density at radius 2 is 1.35 bits per heavy atom. The molecule has 0 saturated carbocycles. The average Bonchev–Trinajstić information content (AvgIpc) is 3.60. The fourth-order valence-corrected chi connectivity index (χ4v) is 3.66. The van der Waals surface area contributed by atoms with E-state index in [-0.39, 0.29) is 99.1 Å². The molecule has 0 unspecified atom stereocenters. The number of thiazole rings is 2. The van der Waals surface area contributed by atoms with Gasteiger partial charge in [0.25, 0.3) is 5.70 Å². The molecule has 0 aliphatic rings. The molecule has 22 heteroatoms. The Morgan fingerprint density at radius 1 is 0.939 bits per heavy atom. The number of nitrogens with one attached hydrogen (secondary N) is 1. The predicted octanol–water partition coefficient (Wildman–Crippen LogP) is 2.73. The molecule has 1 amide bonds. The molecule has 249 valence electrons. The molecule has 3 N–H and O–H groups in total. The minimum absolute atomic E-state index is 0. The number of aliphatic imine (C=N–C) groups is 2. The van der Waals surface area contributed by atoms with Crippen molar-refractivity contribution >= 4 is 108 Å². The number of ether oxygens (including phenoxy) is 1. The molecular weight excluding hydrogens is 912 g/mol. The first-order chi connectivity index (χ1) is 21.8. The molecule has 13 nitrogen and oxygen atoms in total. The number of carbonyl (C=O) groups excluding carboxylic acids is 2. The summed E-state index contributed by atoms with van der Waals surface area (Å²) in [7, 11) is 25.2. The number of hydrogen-bond acceptors (Lipinski definition) is 11. The number of amides is 1. The van der Waals surface area contributed by atoms with Gasteiger partial charge in [0.05, 0.1) is 30.8 Å². The Balaban J connectivity index is -0.000000353. The normalized spacial score (nSPS) is 11.2. The minimum atomic E-state index is -0.893. The van der Waals surface area contributed by atoms with E-state index in [1.807, 2.05) is 34.9 Å². The Morgan fingerprint density at radius 3 is 1.71 bits per heavy atom. The van der Waals surface area contributed by atoms with Crippen LogP contribution >= 0.6 is 22.7 Å². The van der Waals surface area contributed by atoms with Crippen molar-refractivity contribution in [3.63, 3.8) is 0 Å². The molecular formula is C27H36B5La2N8O5S2-2. The molecule has 2 rings (SSSR count). The summed E-state index contributed by atoms with van der Waals surface area (Å²) in [4.78, 5) is 46.8. The zero-order valence-electron chi connectivity index (χ0n) is 29.3. The number of aliphatic hydroxyl groups is 2.